The SMILES string of the molecule is CCCCCCCCC/C=C\CCCCCCCCCC(=O)OCCCCCCCCCCCCCC/C=C\CCCCCCCCCCCCCCCCCCCC(=O)NC(COC1OC(CO)C(O)C(O)C1O)C(O)/C=C/CCCCCCCCCC. The lowest BCUT2D eigenvalue weighted by Crippen LogP contribution is -2.60. The maximum atomic E-state index is 13.0. The molecule has 1 rings (SSSR count). The average Bonchev–Trinajstić information content (AvgIpc) is 1.88. The molecule has 0 saturated carbocycles. The number of nitrogens with one attached hydrogen (secondary N) is 1. The second-order valence-electron chi connectivity index (χ2n) is 27.1. The van der Waals surface area contributed by atoms with E-state index in [4.69, 9.17) is 14.2 Å². The molecule has 89 heavy (non-hydrogen) atoms. The van der Waals surface area contributed by atoms with Crippen LogP contribution in [0.25, 0.3) is 0 Å². The number of ether oxygens (including phenoxy) is 3. The lowest BCUT2D eigenvalue weighted by molar-refractivity contribution is -0.302. The molecule has 6 N–H and O–H groups in total. The van der Waals surface area contributed by atoms with Crippen molar-refractivity contribution in [1.82, 2.24) is 5.32 Å². The first-order valence-corrected chi connectivity index (χ1v) is 38.8. The number of aliphatic hydroxyl groups is 5. The van der Waals surface area contributed by atoms with Crippen LogP contribution in [0, 0.1) is 0 Å². The Hall–Kier alpha value is -2.12. The maximum Gasteiger partial charge on any atom is 0.305 e. The van der Waals surface area contributed by atoms with E-state index in [9.17, 15) is 35.1 Å². The van der Waals surface area contributed by atoms with E-state index in [0.717, 1.165) is 57.8 Å². The van der Waals surface area contributed by atoms with E-state index in [1.807, 2.05) is 6.08 Å². The molecule has 524 valence electrons. The molecule has 1 fully saturated rings. The largest absolute Gasteiger partial charge is 0.466 e. The predicted molar refractivity (Wildman–Crippen MR) is 375 cm³/mol. The summed E-state index contributed by atoms with van der Waals surface area (Å²) < 4.78 is 16.8. The van der Waals surface area contributed by atoms with Crippen molar-refractivity contribution in [2.45, 2.75) is 429 Å². The zero-order valence-corrected chi connectivity index (χ0v) is 58.4. The van der Waals surface area contributed by atoms with E-state index < -0.39 is 49.5 Å². The number of allylic oxidation sites excluding steroid dienone is 5. The summed E-state index contributed by atoms with van der Waals surface area (Å²) in [5, 5.41) is 54.4. The third-order valence-corrected chi connectivity index (χ3v) is 18.5. The molecule has 1 saturated heterocycles. The second kappa shape index (κ2) is 67.3. The van der Waals surface area contributed by atoms with Crippen LogP contribution in [-0.2, 0) is 23.8 Å². The molecular formula is C78H147NO10. The van der Waals surface area contributed by atoms with Crippen LogP contribution >= 0.6 is 0 Å². The van der Waals surface area contributed by atoms with Gasteiger partial charge in [0.2, 0.25) is 5.91 Å². The van der Waals surface area contributed by atoms with Crippen LogP contribution in [0.4, 0.5) is 0 Å². The van der Waals surface area contributed by atoms with Crippen molar-refractivity contribution in [2.75, 3.05) is 19.8 Å². The number of carbonyl (C=O) groups excluding carboxylic acids is 2. The Bertz CT molecular complexity index is 1570. The molecule has 7 atom stereocenters. The van der Waals surface area contributed by atoms with Crippen LogP contribution in [0.5, 0.6) is 0 Å². The van der Waals surface area contributed by atoms with Crippen LogP contribution in [-0.4, -0.2) is 100 Å². The van der Waals surface area contributed by atoms with Gasteiger partial charge in [-0.3, -0.25) is 9.59 Å². The molecule has 7 unspecified atom stereocenters. The van der Waals surface area contributed by atoms with E-state index in [1.165, 1.54) is 302 Å². The highest BCUT2D eigenvalue weighted by atomic mass is 16.7. The van der Waals surface area contributed by atoms with Crippen molar-refractivity contribution >= 4 is 11.9 Å². The van der Waals surface area contributed by atoms with Gasteiger partial charge in [-0.05, 0) is 83.5 Å². The molecule has 1 aliphatic heterocycles. The van der Waals surface area contributed by atoms with Gasteiger partial charge < -0.3 is 45.1 Å². The zero-order valence-electron chi connectivity index (χ0n) is 58.4. The highest BCUT2D eigenvalue weighted by Gasteiger charge is 2.44. The lowest BCUT2D eigenvalue weighted by Gasteiger charge is -2.40. The van der Waals surface area contributed by atoms with Crippen LogP contribution in [0.15, 0.2) is 36.5 Å². The number of esters is 1. The Morgan fingerprint density at radius 2 is 0.719 bits per heavy atom. The first-order chi connectivity index (χ1) is 43.7. The van der Waals surface area contributed by atoms with E-state index in [1.54, 1.807) is 6.08 Å². The third kappa shape index (κ3) is 56.0. The van der Waals surface area contributed by atoms with Gasteiger partial charge in [0, 0.05) is 12.8 Å². The van der Waals surface area contributed by atoms with Crippen molar-refractivity contribution in [3.63, 3.8) is 0 Å². The molecule has 0 bridgehead atoms. The molecule has 0 spiro atoms. The summed E-state index contributed by atoms with van der Waals surface area (Å²) in [5.74, 6) is -0.169. The topological polar surface area (TPSA) is 175 Å². The highest BCUT2D eigenvalue weighted by Crippen LogP contribution is 2.24. The Kier molecular flexibility index (Phi) is 64.2. The molecule has 1 amide bonds. The van der Waals surface area contributed by atoms with Gasteiger partial charge in [-0.15, -0.1) is 0 Å². The predicted octanol–water partition coefficient (Wildman–Crippen LogP) is 20.5. The molecule has 1 heterocycles. The van der Waals surface area contributed by atoms with Crippen LogP contribution in [0.2, 0.25) is 0 Å². The number of hydrogen-bond donors (Lipinski definition) is 6. The zero-order chi connectivity index (χ0) is 64.4. The van der Waals surface area contributed by atoms with Gasteiger partial charge >= 0.3 is 5.97 Å². The molecule has 0 aromatic carbocycles. The van der Waals surface area contributed by atoms with Gasteiger partial charge in [0.1, 0.15) is 24.4 Å². The summed E-state index contributed by atoms with van der Waals surface area (Å²) in [7, 11) is 0. The average molecular weight is 1260 g/mol. The van der Waals surface area contributed by atoms with Crippen LogP contribution < -0.4 is 5.32 Å². The van der Waals surface area contributed by atoms with Gasteiger partial charge in [-0.1, -0.05) is 326 Å². The molecule has 0 aromatic heterocycles. The minimum absolute atomic E-state index is 0.00909. The number of carbonyl (C=O) groups is 2. The van der Waals surface area contributed by atoms with Crippen molar-refractivity contribution in [1.29, 1.82) is 0 Å². The molecule has 0 radical (unpaired) electrons. The molecule has 11 nitrogen and oxygen atoms in total. The standard InChI is InChI=1S/C78H147NO10/c1-3-5-7-9-11-13-15-16-17-18-37-40-43-46-50-54-58-62-66-74(83)87-67-63-59-55-51-47-44-41-38-35-33-31-29-27-25-23-21-19-20-22-24-26-28-30-32-34-36-39-42-45-49-53-57-61-65-73(82)79-70(69-88-78-77(86)76(85)75(84)72(68-80)89-78)71(81)64-60-56-52-48-14-12-10-8-6-4-2/h17-18,23,25,60,64,70-72,75-78,80-81,84-86H,3-16,19-22,24,26-59,61-63,65-69H2,1-2H3,(H,79,82)/b18-17-,25-23-,64-60+. The van der Waals surface area contributed by atoms with Gasteiger partial charge in [0.15, 0.2) is 6.29 Å². The Morgan fingerprint density at radius 3 is 1.08 bits per heavy atom. The van der Waals surface area contributed by atoms with Crippen molar-refractivity contribution in [2.24, 2.45) is 0 Å². The van der Waals surface area contributed by atoms with Crippen LogP contribution in [0.1, 0.15) is 386 Å². The Morgan fingerprint density at radius 1 is 0.404 bits per heavy atom. The lowest BCUT2D eigenvalue weighted by atomic mass is 9.99. The van der Waals surface area contributed by atoms with Crippen molar-refractivity contribution < 1.29 is 49.3 Å². The Balaban J connectivity index is 1.88. The highest BCUT2D eigenvalue weighted by molar-refractivity contribution is 5.76. The normalized spacial score (nSPS) is 17.9. The van der Waals surface area contributed by atoms with E-state index in [-0.39, 0.29) is 18.5 Å². The first kappa shape index (κ1) is 84.9. The maximum absolute atomic E-state index is 13.0. The fourth-order valence-corrected chi connectivity index (χ4v) is 12.4. The molecule has 1 aliphatic rings. The van der Waals surface area contributed by atoms with Gasteiger partial charge in [-0.2, -0.15) is 0 Å². The summed E-state index contributed by atoms with van der Waals surface area (Å²) in [6.07, 6.45) is 77.5. The van der Waals surface area contributed by atoms with Crippen molar-refractivity contribution in [3.8, 4) is 0 Å². The number of hydrogen-bond acceptors (Lipinski definition) is 10. The van der Waals surface area contributed by atoms with E-state index in [2.05, 4.69) is 43.5 Å². The summed E-state index contributed by atoms with van der Waals surface area (Å²) in [6.45, 7) is 4.36. The molecule has 0 aromatic rings. The quantitative estimate of drug-likeness (QED) is 0.0195. The van der Waals surface area contributed by atoms with Crippen LogP contribution in [0.3, 0.4) is 0 Å². The first-order valence-electron chi connectivity index (χ1n) is 38.8. The minimum atomic E-state index is -1.57. The monoisotopic (exact) mass is 1260 g/mol. The van der Waals surface area contributed by atoms with Crippen molar-refractivity contribution in [3.05, 3.63) is 36.5 Å². The second-order valence-corrected chi connectivity index (χ2v) is 27.1. The van der Waals surface area contributed by atoms with E-state index >= 15 is 0 Å². The summed E-state index contributed by atoms with van der Waals surface area (Å²) in [6, 6.07) is -0.807. The summed E-state index contributed by atoms with van der Waals surface area (Å²) in [4.78, 5) is 25.2. The molecule has 11 heteroatoms. The van der Waals surface area contributed by atoms with Gasteiger partial charge in [0.25, 0.3) is 0 Å². The number of aliphatic hydroxyl groups excluding tert-OH is 5. The smallest absolute Gasteiger partial charge is 0.305 e. The fraction of sp³-hybridized carbons (Fsp3) is 0.897. The molecule has 0 aliphatic carbocycles. The van der Waals surface area contributed by atoms with Gasteiger partial charge in [0.05, 0.1) is 32.0 Å². The Labute approximate surface area is 549 Å². The minimum Gasteiger partial charge on any atom is -0.466 e. The summed E-state index contributed by atoms with van der Waals surface area (Å²) >= 11 is 0. The summed E-state index contributed by atoms with van der Waals surface area (Å²) in [5.41, 5.74) is 0. The van der Waals surface area contributed by atoms with Gasteiger partial charge in [-0.25, -0.2) is 0 Å². The number of unbranched alkanes of at least 4 members (excludes halogenated alkanes) is 51. The number of amides is 1. The number of rotatable bonds is 69. The fourth-order valence-electron chi connectivity index (χ4n) is 12.4. The molecular weight excluding hydrogens is 1110 g/mol. The van der Waals surface area contributed by atoms with E-state index in [0.29, 0.717) is 19.4 Å². The third-order valence-electron chi connectivity index (χ3n) is 18.5.